The first-order chi connectivity index (χ1) is 9.51. The second-order valence-electron chi connectivity index (χ2n) is 5.82. The Balaban J connectivity index is 2.98. The third kappa shape index (κ3) is 4.36. The van der Waals surface area contributed by atoms with Gasteiger partial charge in [-0.05, 0) is 44.7 Å². The lowest BCUT2D eigenvalue weighted by atomic mass is 9.98. The first-order valence-corrected chi connectivity index (χ1v) is 7.92. The van der Waals surface area contributed by atoms with Crippen molar-refractivity contribution in [2.24, 2.45) is 0 Å². The number of aryl methyl sites for hydroxylation is 3. The van der Waals surface area contributed by atoms with Gasteiger partial charge in [0.15, 0.2) is 0 Å². The lowest BCUT2D eigenvalue weighted by Gasteiger charge is -2.27. The molecule has 1 aromatic rings. The highest BCUT2D eigenvalue weighted by atomic mass is 15.2. The Bertz CT molecular complexity index is 418. The van der Waals surface area contributed by atoms with Crippen molar-refractivity contribution in [2.75, 3.05) is 13.1 Å². The van der Waals surface area contributed by atoms with Crippen LogP contribution in [0.5, 0.6) is 0 Å². The molecule has 0 bridgehead atoms. The zero-order valence-corrected chi connectivity index (χ0v) is 13.8. The normalized spacial score (nSPS) is 10.7. The molecule has 112 valence electrons. The molecule has 0 saturated heterocycles. The molecule has 0 fully saturated rings. The van der Waals surface area contributed by atoms with Crippen LogP contribution in [0.2, 0.25) is 0 Å². The van der Waals surface area contributed by atoms with Crippen molar-refractivity contribution in [2.45, 2.75) is 60.3 Å². The summed E-state index contributed by atoms with van der Waals surface area (Å²) in [6, 6.07) is 4.38. The minimum atomic E-state index is 0.710. The average Bonchev–Trinajstić information content (AvgIpc) is 2.37. The molecule has 0 atom stereocenters. The van der Waals surface area contributed by atoms with Gasteiger partial charge in [-0.3, -0.25) is 5.41 Å². The maximum absolute atomic E-state index is 8.62. The lowest BCUT2D eigenvalue weighted by molar-refractivity contribution is 0.396. The molecule has 0 spiro atoms. The van der Waals surface area contributed by atoms with Gasteiger partial charge in [0.05, 0.1) is 0 Å². The van der Waals surface area contributed by atoms with E-state index >= 15 is 0 Å². The second kappa shape index (κ2) is 8.08. The van der Waals surface area contributed by atoms with Crippen LogP contribution < -0.4 is 0 Å². The van der Waals surface area contributed by atoms with Crippen LogP contribution in [0.15, 0.2) is 12.1 Å². The molecule has 0 aliphatic rings. The molecular formula is C18H30N2. The number of hydrogen-bond acceptors (Lipinski definition) is 1. The summed E-state index contributed by atoms with van der Waals surface area (Å²) in [5.41, 5.74) is 4.86. The molecule has 2 nitrogen and oxygen atoms in total. The zero-order chi connectivity index (χ0) is 15.1. The fourth-order valence-electron chi connectivity index (χ4n) is 2.75. The van der Waals surface area contributed by atoms with Crippen LogP contribution in [0.4, 0.5) is 0 Å². The Labute approximate surface area is 124 Å². The largest absolute Gasteiger partial charge is 0.357 e. The summed E-state index contributed by atoms with van der Waals surface area (Å²) in [5, 5.41) is 8.62. The zero-order valence-electron chi connectivity index (χ0n) is 13.8. The first-order valence-electron chi connectivity index (χ1n) is 7.92. The summed E-state index contributed by atoms with van der Waals surface area (Å²) in [7, 11) is 0. The maximum atomic E-state index is 8.62. The fraction of sp³-hybridized carbons (Fsp3) is 0.611. The summed E-state index contributed by atoms with van der Waals surface area (Å²) in [6.45, 7) is 12.8. The molecule has 2 heteroatoms. The molecule has 0 aromatic heterocycles. The van der Waals surface area contributed by atoms with Gasteiger partial charge in [0.2, 0.25) is 0 Å². The molecular weight excluding hydrogens is 244 g/mol. The summed E-state index contributed by atoms with van der Waals surface area (Å²) in [6.07, 6.45) is 4.69. The number of nitrogens with one attached hydrogen (secondary N) is 1. The molecule has 20 heavy (non-hydrogen) atoms. The Hall–Kier alpha value is -1.31. The number of rotatable bonds is 7. The van der Waals surface area contributed by atoms with Crippen molar-refractivity contribution in [3.8, 4) is 0 Å². The highest BCUT2D eigenvalue weighted by Crippen LogP contribution is 2.19. The number of nitrogens with zero attached hydrogens (tertiary/aromatic N) is 1. The van der Waals surface area contributed by atoms with Crippen LogP contribution in [-0.4, -0.2) is 23.8 Å². The van der Waals surface area contributed by atoms with Gasteiger partial charge in [-0.1, -0.05) is 44.4 Å². The smallest absolute Gasteiger partial charge is 0.128 e. The topological polar surface area (TPSA) is 27.1 Å². The van der Waals surface area contributed by atoms with Gasteiger partial charge in [0.1, 0.15) is 5.84 Å². The molecule has 0 aliphatic carbocycles. The monoisotopic (exact) mass is 274 g/mol. The molecule has 1 aromatic carbocycles. The molecule has 1 N–H and O–H groups in total. The molecule has 0 unspecified atom stereocenters. The van der Waals surface area contributed by atoms with E-state index in [-0.39, 0.29) is 0 Å². The van der Waals surface area contributed by atoms with E-state index in [0.29, 0.717) is 5.84 Å². The lowest BCUT2D eigenvalue weighted by Crippen LogP contribution is -2.34. The molecule has 0 amide bonds. The highest BCUT2D eigenvalue weighted by molar-refractivity contribution is 5.99. The Morgan fingerprint density at radius 2 is 1.40 bits per heavy atom. The Morgan fingerprint density at radius 1 is 0.950 bits per heavy atom. The van der Waals surface area contributed by atoms with E-state index in [0.717, 1.165) is 31.5 Å². The van der Waals surface area contributed by atoms with E-state index in [4.69, 9.17) is 5.41 Å². The minimum absolute atomic E-state index is 0.710. The van der Waals surface area contributed by atoms with Crippen LogP contribution >= 0.6 is 0 Å². The number of benzene rings is 1. The summed E-state index contributed by atoms with van der Waals surface area (Å²) in [5.74, 6) is 0.710. The fourth-order valence-corrected chi connectivity index (χ4v) is 2.75. The predicted octanol–water partition coefficient (Wildman–Crippen LogP) is 4.84. The van der Waals surface area contributed by atoms with Gasteiger partial charge in [0.25, 0.3) is 0 Å². The summed E-state index contributed by atoms with van der Waals surface area (Å²) in [4.78, 5) is 2.26. The number of unbranched alkanes of at least 4 members (excludes halogenated alkanes) is 2. The van der Waals surface area contributed by atoms with Crippen molar-refractivity contribution in [1.82, 2.24) is 4.90 Å². The van der Waals surface area contributed by atoms with Crippen molar-refractivity contribution >= 4 is 5.84 Å². The minimum Gasteiger partial charge on any atom is -0.357 e. The van der Waals surface area contributed by atoms with Crippen LogP contribution in [0, 0.1) is 26.2 Å². The van der Waals surface area contributed by atoms with Crippen LogP contribution in [0.3, 0.4) is 0 Å². The molecule has 0 heterocycles. The van der Waals surface area contributed by atoms with E-state index in [1.54, 1.807) is 0 Å². The van der Waals surface area contributed by atoms with E-state index in [2.05, 4.69) is 51.7 Å². The molecule has 0 aliphatic heterocycles. The standard InChI is InChI=1S/C18H30N2/c1-6-8-10-20(11-9-7-2)18(19)17-15(4)12-14(3)13-16(17)5/h12-13,19H,6-11H2,1-5H3. The number of hydrogen-bond donors (Lipinski definition) is 1. The van der Waals surface area contributed by atoms with Crippen LogP contribution in [0.25, 0.3) is 0 Å². The third-order valence-corrected chi connectivity index (χ3v) is 3.79. The van der Waals surface area contributed by atoms with E-state index < -0.39 is 0 Å². The van der Waals surface area contributed by atoms with Crippen LogP contribution in [-0.2, 0) is 0 Å². The molecule has 0 radical (unpaired) electrons. The SMILES string of the molecule is CCCCN(CCCC)C(=N)c1c(C)cc(C)cc1C. The highest BCUT2D eigenvalue weighted by Gasteiger charge is 2.15. The number of amidine groups is 1. The maximum Gasteiger partial charge on any atom is 0.128 e. The van der Waals surface area contributed by atoms with Crippen molar-refractivity contribution in [3.05, 3.63) is 34.4 Å². The van der Waals surface area contributed by atoms with Crippen molar-refractivity contribution in [1.29, 1.82) is 5.41 Å². The average molecular weight is 274 g/mol. The van der Waals surface area contributed by atoms with E-state index in [9.17, 15) is 0 Å². The third-order valence-electron chi connectivity index (χ3n) is 3.79. The van der Waals surface area contributed by atoms with Crippen molar-refractivity contribution < 1.29 is 0 Å². The van der Waals surface area contributed by atoms with Gasteiger partial charge in [-0.15, -0.1) is 0 Å². The Kier molecular flexibility index (Phi) is 6.77. The van der Waals surface area contributed by atoms with E-state index in [1.165, 1.54) is 29.5 Å². The Morgan fingerprint density at radius 3 is 1.80 bits per heavy atom. The van der Waals surface area contributed by atoms with E-state index in [1.807, 2.05) is 0 Å². The van der Waals surface area contributed by atoms with Gasteiger partial charge in [-0.25, -0.2) is 0 Å². The van der Waals surface area contributed by atoms with Gasteiger partial charge in [-0.2, -0.15) is 0 Å². The second-order valence-corrected chi connectivity index (χ2v) is 5.82. The van der Waals surface area contributed by atoms with Gasteiger partial charge in [0, 0.05) is 18.7 Å². The molecule has 0 saturated carbocycles. The van der Waals surface area contributed by atoms with Gasteiger partial charge >= 0.3 is 0 Å². The van der Waals surface area contributed by atoms with Crippen LogP contribution in [0.1, 0.15) is 61.8 Å². The predicted molar refractivity (Wildman–Crippen MR) is 88.9 cm³/mol. The molecule has 1 rings (SSSR count). The quantitative estimate of drug-likeness (QED) is 0.559. The summed E-state index contributed by atoms with van der Waals surface area (Å²) < 4.78 is 0. The first kappa shape index (κ1) is 16.7. The van der Waals surface area contributed by atoms with Gasteiger partial charge < -0.3 is 4.90 Å². The summed E-state index contributed by atoms with van der Waals surface area (Å²) >= 11 is 0. The van der Waals surface area contributed by atoms with Crippen molar-refractivity contribution in [3.63, 3.8) is 0 Å².